The number of piperidine rings is 1. The van der Waals surface area contributed by atoms with Crippen LogP contribution in [0.25, 0.3) is 0 Å². The summed E-state index contributed by atoms with van der Waals surface area (Å²) in [7, 11) is 0. The van der Waals surface area contributed by atoms with Crippen LogP contribution in [-0.2, 0) is 9.47 Å². The van der Waals surface area contributed by atoms with E-state index >= 15 is 0 Å². The summed E-state index contributed by atoms with van der Waals surface area (Å²) in [4.78, 5) is 22.7. The summed E-state index contributed by atoms with van der Waals surface area (Å²) >= 11 is 0. The first kappa shape index (κ1) is 29.2. The number of hydrogen-bond donors (Lipinski definition) is 2. The van der Waals surface area contributed by atoms with E-state index in [0.29, 0.717) is 26.3 Å². The summed E-state index contributed by atoms with van der Waals surface area (Å²) in [5, 5.41) is 6.13. The molecule has 0 unspecified atom stereocenters. The Hall–Kier alpha value is -1.82. The van der Waals surface area contributed by atoms with Crippen LogP contribution in [0.3, 0.4) is 0 Å². The van der Waals surface area contributed by atoms with Gasteiger partial charge in [-0.25, -0.2) is 9.79 Å². The summed E-state index contributed by atoms with van der Waals surface area (Å²) in [6.45, 7) is 12.5. The van der Waals surface area contributed by atoms with Crippen molar-refractivity contribution in [3.63, 3.8) is 0 Å². The number of carbonyl (C=O) groups excluding carboxylic acids is 1. The number of halogens is 1. The highest BCUT2D eigenvalue weighted by Gasteiger charge is 2.22. The van der Waals surface area contributed by atoms with Gasteiger partial charge in [-0.3, -0.25) is 4.98 Å². The summed E-state index contributed by atoms with van der Waals surface area (Å²) in [5.74, 6) is 1.68. The van der Waals surface area contributed by atoms with Gasteiger partial charge in [0.2, 0.25) is 0 Å². The molecule has 188 valence electrons. The number of hydrogen-bond acceptors (Lipinski definition) is 6. The first-order chi connectivity index (χ1) is 15.4. The fourth-order valence-electron chi connectivity index (χ4n) is 3.23. The SMILES string of the molecule is CCNC(=NCCOc1cccnc1)N1CCC(OCCCNC(=O)OC(C)(C)C)CC1.I. The van der Waals surface area contributed by atoms with E-state index in [-0.39, 0.29) is 36.2 Å². The van der Waals surface area contributed by atoms with Gasteiger partial charge in [-0.1, -0.05) is 0 Å². The predicted molar refractivity (Wildman–Crippen MR) is 141 cm³/mol. The second-order valence-corrected chi connectivity index (χ2v) is 8.61. The number of nitrogens with one attached hydrogen (secondary N) is 2. The molecular weight excluding hydrogens is 537 g/mol. The number of likely N-dealkylation sites (tertiary alicyclic amines) is 1. The number of amides is 1. The van der Waals surface area contributed by atoms with E-state index in [1.807, 2.05) is 32.9 Å². The van der Waals surface area contributed by atoms with Gasteiger partial charge in [-0.05, 0) is 59.1 Å². The largest absolute Gasteiger partial charge is 0.490 e. The van der Waals surface area contributed by atoms with Gasteiger partial charge in [0.1, 0.15) is 18.0 Å². The second-order valence-electron chi connectivity index (χ2n) is 8.61. The molecule has 1 amide bonds. The van der Waals surface area contributed by atoms with Gasteiger partial charge in [0.25, 0.3) is 0 Å². The Bertz CT molecular complexity index is 692. The summed E-state index contributed by atoms with van der Waals surface area (Å²) in [6.07, 6.45) is 5.96. The standard InChI is InChI=1S/C23H39N5O4.HI/c1-5-25-21(26-13-17-31-20-8-6-11-24-18-20)28-14-9-19(10-15-28)30-16-7-12-27-22(29)32-23(2,3)4;/h6,8,11,18-19H,5,7,9-10,12-17H2,1-4H3,(H,25,26)(H,27,29);1H. The topological polar surface area (TPSA) is 97.3 Å². The van der Waals surface area contributed by atoms with Crippen molar-refractivity contribution in [2.75, 3.05) is 45.9 Å². The third-order valence-electron chi connectivity index (χ3n) is 4.68. The van der Waals surface area contributed by atoms with Gasteiger partial charge >= 0.3 is 6.09 Å². The molecule has 0 aromatic carbocycles. The zero-order valence-electron chi connectivity index (χ0n) is 20.3. The number of aromatic nitrogens is 1. The fraction of sp³-hybridized carbons (Fsp3) is 0.696. The van der Waals surface area contributed by atoms with Crippen molar-refractivity contribution in [3.8, 4) is 5.75 Å². The molecule has 33 heavy (non-hydrogen) atoms. The lowest BCUT2D eigenvalue weighted by Crippen LogP contribution is -2.47. The van der Waals surface area contributed by atoms with Gasteiger partial charge < -0.3 is 29.7 Å². The minimum absolute atomic E-state index is 0. The molecule has 0 aliphatic carbocycles. The number of guanidine groups is 1. The number of alkyl carbamates (subject to hydrolysis) is 1. The Morgan fingerprint density at radius 1 is 1.24 bits per heavy atom. The zero-order chi connectivity index (χ0) is 23.2. The molecule has 0 spiro atoms. The maximum atomic E-state index is 11.6. The minimum Gasteiger partial charge on any atom is -0.490 e. The van der Waals surface area contributed by atoms with Crippen LogP contribution < -0.4 is 15.4 Å². The molecule has 0 atom stereocenters. The summed E-state index contributed by atoms with van der Waals surface area (Å²) in [6, 6.07) is 3.74. The molecule has 2 N–H and O–H groups in total. The van der Waals surface area contributed by atoms with Gasteiger partial charge in [0.15, 0.2) is 5.96 Å². The van der Waals surface area contributed by atoms with Gasteiger partial charge in [-0.2, -0.15) is 0 Å². The van der Waals surface area contributed by atoms with Gasteiger partial charge in [-0.15, -0.1) is 24.0 Å². The third kappa shape index (κ3) is 12.9. The third-order valence-corrected chi connectivity index (χ3v) is 4.68. The molecule has 1 aliphatic rings. The van der Waals surface area contributed by atoms with Crippen LogP contribution in [0, 0.1) is 0 Å². The van der Waals surface area contributed by atoms with E-state index in [1.165, 1.54) is 0 Å². The first-order valence-corrected chi connectivity index (χ1v) is 11.5. The van der Waals surface area contributed by atoms with Crippen LogP contribution in [0.5, 0.6) is 5.75 Å². The number of carbonyl (C=O) groups is 1. The second kappa shape index (κ2) is 15.9. The number of aliphatic imine (C=N–C) groups is 1. The highest BCUT2D eigenvalue weighted by Crippen LogP contribution is 2.14. The average Bonchev–Trinajstić information content (AvgIpc) is 2.76. The van der Waals surface area contributed by atoms with Gasteiger partial charge in [0, 0.05) is 39.0 Å². The average molecular weight is 578 g/mol. The first-order valence-electron chi connectivity index (χ1n) is 11.5. The van der Waals surface area contributed by atoms with Crippen molar-refractivity contribution in [2.24, 2.45) is 4.99 Å². The van der Waals surface area contributed by atoms with Crippen molar-refractivity contribution in [1.82, 2.24) is 20.5 Å². The molecule has 9 nitrogen and oxygen atoms in total. The van der Waals surface area contributed by atoms with Crippen molar-refractivity contribution in [1.29, 1.82) is 0 Å². The molecule has 0 radical (unpaired) electrons. The maximum Gasteiger partial charge on any atom is 0.407 e. The van der Waals surface area contributed by atoms with E-state index in [0.717, 1.165) is 50.6 Å². The van der Waals surface area contributed by atoms with E-state index in [1.54, 1.807) is 12.4 Å². The number of pyridine rings is 1. The molecule has 1 fully saturated rings. The van der Waals surface area contributed by atoms with E-state index < -0.39 is 5.60 Å². The Labute approximate surface area is 215 Å². The quantitative estimate of drug-likeness (QED) is 0.190. The molecule has 1 aromatic heterocycles. The van der Waals surface area contributed by atoms with Crippen LogP contribution >= 0.6 is 24.0 Å². The molecular formula is C23H40IN5O4. The summed E-state index contributed by atoms with van der Waals surface area (Å²) in [5.41, 5.74) is -0.476. The van der Waals surface area contributed by atoms with Gasteiger partial charge in [0.05, 0.1) is 18.8 Å². The van der Waals surface area contributed by atoms with E-state index in [4.69, 9.17) is 19.2 Å². The molecule has 1 saturated heterocycles. The lowest BCUT2D eigenvalue weighted by Gasteiger charge is -2.34. The Balaban J connectivity index is 0.00000544. The van der Waals surface area contributed by atoms with Crippen LogP contribution in [0.4, 0.5) is 4.79 Å². The molecule has 0 bridgehead atoms. The van der Waals surface area contributed by atoms with E-state index in [9.17, 15) is 4.79 Å². The lowest BCUT2D eigenvalue weighted by molar-refractivity contribution is 0.0170. The van der Waals surface area contributed by atoms with Crippen molar-refractivity contribution in [2.45, 2.75) is 58.7 Å². The molecule has 10 heteroatoms. The fourth-order valence-corrected chi connectivity index (χ4v) is 3.23. The normalized spacial score (nSPS) is 14.9. The highest BCUT2D eigenvalue weighted by molar-refractivity contribution is 14.0. The van der Waals surface area contributed by atoms with E-state index in [2.05, 4.69) is 27.4 Å². The van der Waals surface area contributed by atoms with Crippen molar-refractivity contribution in [3.05, 3.63) is 24.5 Å². The molecule has 1 aromatic rings. The number of ether oxygens (including phenoxy) is 3. The predicted octanol–water partition coefficient (Wildman–Crippen LogP) is 3.44. The monoisotopic (exact) mass is 577 g/mol. The number of rotatable bonds is 10. The highest BCUT2D eigenvalue weighted by atomic mass is 127. The summed E-state index contributed by atoms with van der Waals surface area (Å²) < 4.78 is 16.9. The van der Waals surface area contributed by atoms with Crippen LogP contribution in [-0.4, -0.2) is 79.6 Å². The number of nitrogens with zero attached hydrogens (tertiary/aromatic N) is 3. The Morgan fingerprint density at radius 3 is 2.64 bits per heavy atom. The van der Waals surface area contributed by atoms with Crippen molar-refractivity contribution >= 4 is 36.0 Å². The lowest BCUT2D eigenvalue weighted by atomic mass is 10.1. The Morgan fingerprint density at radius 2 is 2.00 bits per heavy atom. The van der Waals surface area contributed by atoms with Crippen LogP contribution in [0.15, 0.2) is 29.5 Å². The molecule has 0 saturated carbocycles. The van der Waals surface area contributed by atoms with Crippen LogP contribution in [0.1, 0.15) is 47.0 Å². The zero-order valence-corrected chi connectivity index (χ0v) is 22.7. The van der Waals surface area contributed by atoms with Crippen LogP contribution in [0.2, 0.25) is 0 Å². The molecule has 1 aliphatic heterocycles. The smallest absolute Gasteiger partial charge is 0.407 e. The van der Waals surface area contributed by atoms with Crippen molar-refractivity contribution < 1.29 is 19.0 Å². The molecule has 2 heterocycles. The Kier molecular flexibility index (Phi) is 14.1. The maximum absolute atomic E-state index is 11.6. The minimum atomic E-state index is -0.476. The molecule has 2 rings (SSSR count).